The monoisotopic (exact) mass is 338 g/mol. The number of nitriles is 1. The van der Waals surface area contributed by atoms with Gasteiger partial charge in [0, 0.05) is 18.4 Å². The third-order valence-electron chi connectivity index (χ3n) is 3.86. The van der Waals surface area contributed by atoms with Crippen molar-refractivity contribution >= 4 is 11.6 Å². The maximum Gasteiger partial charge on any atom is 0.253 e. The second-order valence-corrected chi connectivity index (χ2v) is 5.59. The summed E-state index contributed by atoms with van der Waals surface area (Å²) in [7, 11) is 1.52. The van der Waals surface area contributed by atoms with E-state index in [4.69, 9.17) is 19.5 Å². The van der Waals surface area contributed by atoms with E-state index in [0.29, 0.717) is 35.1 Å². The normalized spacial score (nSPS) is 16.1. The molecule has 1 heterocycles. The number of benzene rings is 2. The summed E-state index contributed by atoms with van der Waals surface area (Å²) < 4.78 is 16.4. The molecule has 0 bridgehead atoms. The van der Waals surface area contributed by atoms with Crippen molar-refractivity contribution in [3.8, 4) is 23.3 Å². The Kier molecular flexibility index (Phi) is 5.17. The van der Waals surface area contributed by atoms with E-state index in [1.54, 1.807) is 42.5 Å². The van der Waals surface area contributed by atoms with Gasteiger partial charge in [0.25, 0.3) is 5.91 Å². The van der Waals surface area contributed by atoms with Crippen molar-refractivity contribution in [2.24, 2.45) is 0 Å². The van der Waals surface area contributed by atoms with Gasteiger partial charge in [-0.3, -0.25) is 4.79 Å². The molecule has 1 atom stereocenters. The summed E-state index contributed by atoms with van der Waals surface area (Å²) >= 11 is 0. The molecule has 2 aromatic carbocycles. The Bertz CT molecular complexity index is 790. The largest absolute Gasteiger partial charge is 0.493 e. The molecular weight excluding hydrogens is 320 g/mol. The average molecular weight is 338 g/mol. The molecule has 6 nitrogen and oxygen atoms in total. The highest BCUT2D eigenvalue weighted by Gasteiger charge is 2.23. The standard InChI is InChI=1S/C19H18N2O4/c1-23-18-11-13(12-20)4-9-16(18)25-15-7-5-14(6-8-15)21-19(22)17-3-2-10-24-17/h4-9,11,17H,2-3,10H2,1H3,(H,21,22). The Morgan fingerprint density at radius 1 is 1.24 bits per heavy atom. The van der Waals surface area contributed by atoms with Crippen molar-refractivity contribution in [1.82, 2.24) is 0 Å². The minimum absolute atomic E-state index is 0.125. The molecule has 2 aromatic rings. The fraction of sp³-hybridized carbons (Fsp3) is 0.263. The number of ether oxygens (including phenoxy) is 3. The topological polar surface area (TPSA) is 80.6 Å². The van der Waals surface area contributed by atoms with E-state index in [2.05, 4.69) is 11.4 Å². The summed E-state index contributed by atoms with van der Waals surface area (Å²) in [6.45, 7) is 0.636. The molecule has 25 heavy (non-hydrogen) atoms. The van der Waals surface area contributed by atoms with Gasteiger partial charge in [0.15, 0.2) is 11.5 Å². The fourth-order valence-corrected chi connectivity index (χ4v) is 2.56. The summed E-state index contributed by atoms with van der Waals surface area (Å²) in [6, 6.07) is 14.0. The van der Waals surface area contributed by atoms with Crippen LogP contribution < -0.4 is 14.8 Å². The first-order valence-electron chi connectivity index (χ1n) is 7.98. The number of rotatable bonds is 5. The average Bonchev–Trinajstić information content (AvgIpc) is 3.18. The molecule has 6 heteroatoms. The molecule has 0 radical (unpaired) electrons. The molecule has 1 aliphatic heterocycles. The zero-order valence-corrected chi connectivity index (χ0v) is 13.8. The van der Waals surface area contributed by atoms with E-state index < -0.39 is 0 Å². The van der Waals surface area contributed by atoms with Gasteiger partial charge in [-0.25, -0.2) is 0 Å². The lowest BCUT2D eigenvalue weighted by atomic mass is 10.2. The van der Waals surface area contributed by atoms with Gasteiger partial charge < -0.3 is 19.5 Å². The van der Waals surface area contributed by atoms with Gasteiger partial charge in [-0.05, 0) is 49.2 Å². The summed E-state index contributed by atoms with van der Waals surface area (Å²) in [5.74, 6) is 1.46. The number of hydrogen-bond acceptors (Lipinski definition) is 5. The molecule has 3 rings (SSSR count). The van der Waals surface area contributed by atoms with Crippen molar-refractivity contribution in [3.63, 3.8) is 0 Å². The lowest BCUT2D eigenvalue weighted by molar-refractivity contribution is -0.124. The highest BCUT2D eigenvalue weighted by molar-refractivity contribution is 5.94. The highest BCUT2D eigenvalue weighted by atomic mass is 16.5. The third-order valence-corrected chi connectivity index (χ3v) is 3.86. The minimum Gasteiger partial charge on any atom is -0.493 e. The first kappa shape index (κ1) is 16.8. The Morgan fingerprint density at radius 3 is 2.68 bits per heavy atom. The third kappa shape index (κ3) is 4.08. The number of methoxy groups -OCH3 is 1. The van der Waals surface area contributed by atoms with Crippen LogP contribution >= 0.6 is 0 Å². The summed E-state index contributed by atoms with van der Waals surface area (Å²) in [5, 5.41) is 11.8. The van der Waals surface area contributed by atoms with Crippen molar-refractivity contribution in [3.05, 3.63) is 48.0 Å². The van der Waals surface area contributed by atoms with Crippen LogP contribution in [0.1, 0.15) is 18.4 Å². The zero-order chi connectivity index (χ0) is 17.6. The minimum atomic E-state index is -0.362. The number of nitrogens with zero attached hydrogens (tertiary/aromatic N) is 1. The number of anilines is 1. The lowest BCUT2D eigenvalue weighted by Crippen LogP contribution is -2.26. The Labute approximate surface area is 145 Å². The van der Waals surface area contributed by atoms with Crippen LogP contribution in [0.25, 0.3) is 0 Å². The molecule has 1 N–H and O–H groups in total. The van der Waals surface area contributed by atoms with Crippen LogP contribution in [0, 0.1) is 11.3 Å². The van der Waals surface area contributed by atoms with E-state index in [1.807, 2.05) is 0 Å². The van der Waals surface area contributed by atoms with Gasteiger partial charge in [0.1, 0.15) is 11.9 Å². The fourth-order valence-electron chi connectivity index (χ4n) is 2.56. The van der Waals surface area contributed by atoms with Gasteiger partial charge in [-0.2, -0.15) is 5.26 Å². The molecule has 128 valence electrons. The van der Waals surface area contributed by atoms with Crippen LogP contribution in [-0.4, -0.2) is 25.7 Å². The van der Waals surface area contributed by atoms with Crippen molar-refractivity contribution < 1.29 is 19.0 Å². The number of amides is 1. The maximum absolute atomic E-state index is 12.0. The predicted molar refractivity (Wildman–Crippen MR) is 91.8 cm³/mol. The number of carbonyl (C=O) groups is 1. The number of hydrogen-bond donors (Lipinski definition) is 1. The molecule has 0 aromatic heterocycles. The predicted octanol–water partition coefficient (Wildman–Crippen LogP) is 3.48. The smallest absolute Gasteiger partial charge is 0.253 e. The molecule has 0 aliphatic carbocycles. The van der Waals surface area contributed by atoms with E-state index in [1.165, 1.54) is 7.11 Å². The Morgan fingerprint density at radius 2 is 2.04 bits per heavy atom. The Balaban J connectivity index is 1.66. The van der Waals surface area contributed by atoms with Gasteiger partial charge in [-0.15, -0.1) is 0 Å². The summed E-state index contributed by atoms with van der Waals surface area (Å²) in [6.07, 6.45) is 1.31. The molecule has 0 saturated carbocycles. The van der Waals surface area contributed by atoms with Crippen LogP contribution in [0.2, 0.25) is 0 Å². The van der Waals surface area contributed by atoms with Gasteiger partial charge >= 0.3 is 0 Å². The van der Waals surface area contributed by atoms with Crippen LogP contribution in [0.15, 0.2) is 42.5 Å². The lowest BCUT2D eigenvalue weighted by Gasteiger charge is -2.12. The second kappa shape index (κ2) is 7.69. The zero-order valence-electron chi connectivity index (χ0n) is 13.8. The quantitative estimate of drug-likeness (QED) is 0.903. The molecule has 0 spiro atoms. The van der Waals surface area contributed by atoms with Crippen molar-refractivity contribution in [1.29, 1.82) is 5.26 Å². The first-order chi connectivity index (χ1) is 12.2. The van der Waals surface area contributed by atoms with Crippen LogP contribution in [0.5, 0.6) is 17.2 Å². The van der Waals surface area contributed by atoms with E-state index >= 15 is 0 Å². The Hall–Kier alpha value is -3.04. The molecule has 1 fully saturated rings. The molecular formula is C19H18N2O4. The van der Waals surface area contributed by atoms with Crippen LogP contribution in [0.3, 0.4) is 0 Å². The van der Waals surface area contributed by atoms with Crippen LogP contribution in [0.4, 0.5) is 5.69 Å². The number of carbonyl (C=O) groups excluding carboxylic acids is 1. The van der Waals surface area contributed by atoms with Crippen LogP contribution in [-0.2, 0) is 9.53 Å². The second-order valence-electron chi connectivity index (χ2n) is 5.59. The summed E-state index contributed by atoms with van der Waals surface area (Å²) in [5.41, 5.74) is 1.18. The molecule has 1 unspecified atom stereocenters. The number of nitrogens with one attached hydrogen (secondary N) is 1. The highest BCUT2D eigenvalue weighted by Crippen LogP contribution is 2.32. The van der Waals surface area contributed by atoms with Gasteiger partial charge in [0.05, 0.1) is 18.7 Å². The van der Waals surface area contributed by atoms with Gasteiger partial charge in [-0.1, -0.05) is 0 Å². The first-order valence-corrected chi connectivity index (χ1v) is 7.98. The molecule has 1 aliphatic rings. The van der Waals surface area contributed by atoms with Crippen molar-refractivity contribution in [2.75, 3.05) is 19.0 Å². The molecule has 1 amide bonds. The van der Waals surface area contributed by atoms with Crippen molar-refractivity contribution in [2.45, 2.75) is 18.9 Å². The van der Waals surface area contributed by atoms with E-state index in [9.17, 15) is 4.79 Å². The summed E-state index contributed by atoms with van der Waals surface area (Å²) in [4.78, 5) is 12.0. The molecule has 1 saturated heterocycles. The van der Waals surface area contributed by atoms with Gasteiger partial charge in [0.2, 0.25) is 0 Å². The maximum atomic E-state index is 12.0. The van der Waals surface area contributed by atoms with E-state index in [-0.39, 0.29) is 12.0 Å². The SMILES string of the molecule is COc1cc(C#N)ccc1Oc1ccc(NC(=O)C2CCCO2)cc1. The van der Waals surface area contributed by atoms with E-state index in [0.717, 1.165) is 12.8 Å².